The molecule has 230 valence electrons. The number of nitrogens with one attached hydrogen (secondary N) is 1. The largest absolute Gasteiger partial charge is 0.381 e. The van der Waals surface area contributed by atoms with Crippen molar-refractivity contribution >= 4 is 0 Å². The van der Waals surface area contributed by atoms with E-state index in [2.05, 4.69) is 53.1 Å². The van der Waals surface area contributed by atoms with Crippen LogP contribution in [-0.2, 0) is 4.74 Å². The zero-order chi connectivity index (χ0) is 29.2. The maximum absolute atomic E-state index is 6.41. The Morgan fingerprint density at radius 3 is 2.23 bits per heavy atom. The Hall–Kier alpha value is -0.680. The number of hydrogen-bond donors (Lipinski definition) is 3. The number of rotatable bonds is 14. The zero-order valence-electron chi connectivity index (χ0n) is 27.1. The third-order valence-electron chi connectivity index (χ3n) is 13.6. The van der Waals surface area contributed by atoms with E-state index in [1.54, 1.807) is 0 Å². The molecule has 5 N–H and O–H groups in total. The van der Waals surface area contributed by atoms with Gasteiger partial charge in [-0.15, -0.1) is 0 Å². The molecule has 0 amide bonds. The average molecular weight is 556 g/mol. The third-order valence-corrected chi connectivity index (χ3v) is 13.6. The van der Waals surface area contributed by atoms with Crippen molar-refractivity contribution in [1.29, 1.82) is 0 Å². The number of ether oxygens (including phenoxy) is 1. The lowest BCUT2D eigenvalue weighted by molar-refractivity contribution is -0.220. The van der Waals surface area contributed by atoms with Gasteiger partial charge in [-0.1, -0.05) is 45.1 Å². The van der Waals surface area contributed by atoms with Gasteiger partial charge in [-0.25, -0.2) is 0 Å². The summed E-state index contributed by atoms with van der Waals surface area (Å²) in [7, 11) is 0. The van der Waals surface area contributed by atoms with E-state index in [9.17, 15) is 0 Å². The molecule has 0 aliphatic heterocycles. The first kappa shape index (κ1) is 32.2. The summed E-state index contributed by atoms with van der Waals surface area (Å²) in [4.78, 5) is 0. The number of hydrogen-bond acceptors (Lipinski definition) is 4. The van der Waals surface area contributed by atoms with E-state index in [4.69, 9.17) is 16.2 Å². The van der Waals surface area contributed by atoms with Crippen LogP contribution in [0.5, 0.6) is 0 Å². The van der Waals surface area contributed by atoms with Crippen LogP contribution in [-0.4, -0.2) is 39.4 Å². The molecule has 4 saturated carbocycles. The van der Waals surface area contributed by atoms with Crippen molar-refractivity contribution in [1.82, 2.24) is 5.32 Å². The SMILES string of the molecule is C=C(C)[C@@H]1CC[C@]2(COCCCN)CC[C@]3(C)[C@H](CC[C@@H]4[C@@](C)(CCCNCCCN)[C@H](C(=C)C)CC[C@]43C)[C@@H]12. The molecule has 0 bridgehead atoms. The lowest BCUT2D eigenvalue weighted by atomic mass is 9.34. The molecular weight excluding hydrogens is 490 g/mol. The quantitative estimate of drug-likeness (QED) is 0.153. The molecule has 0 heterocycles. The maximum atomic E-state index is 6.41. The van der Waals surface area contributed by atoms with Crippen molar-refractivity contribution in [2.75, 3.05) is 39.4 Å². The summed E-state index contributed by atoms with van der Waals surface area (Å²) in [6.45, 7) is 27.3. The fraction of sp³-hybridized carbons (Fsp3) is 0.889. The van der Waals surface area contributed by atoms with E-state index in [-0.39, 0.29) is 0 Å². The van der Waals surface area contributed by atoms with Gasteiger partial charge < -0.3 is 21.5 Å². The fourth-order valence-corrected chi connectivity index (χ4v) is 11.5. The standard InChI is InChI=1S/C36H65N3O/c1-26(2)28-13-17-36(25-40-24-10-21-38)19-18-34(6)30(32(28)36)11-12-31-33(5,15-8-22-39-23-9-20-37)29(27(3)4)14-16-35(31,34)7/h28-32,39H,1,3,8-25,37-38H2,2,4-7H3/t28-,29-,30+,31+,32+,33-,34+,35+,36+/m0/s1. The van der Waals surface area contributed by atoms with Gasteiger partial charge in [0, 0.05) is 6.61 Å². The normalized spacial score (nSPS) is 42.6. The first-order chi connectivity index (χ1) is 19.0. The minimum atomic E-state index is 0.325. The molecule has 0 aromatic rings. The van der Waals surface area contributed by atoms with Crippen molar-refractivity contribution in [2.45, 2.75) is 112 Å². The summed E-state index contributed by atoms with van der Waals surface area (Å²) in [5.41, 5.74) is 15.8. The molecule has 4 fully saturated rings. The van der Waals surface area contributed by atoms with Gasteiger partial charge in [-0.2, -0.15) is 0 Å². The molecule has 0 spiro atoms. The number of nitrogens with two attached hydrogens (primary N) is 2. The molecule has 4 rings (SSSR count). The highest BCUT2D eigenvalue weighted by Crippen LogP contribution is 2.76. The second-order valence-electron chi connectivity index (χ2n) is 15.6. The molecule has 9 atom stereocenters. The van der Waals surface area contributed by atoms with Crippen LogP contribution in [0.2, 0.25) is 0 Å². The number of allylic oxidation sites excluding steroid dienone is 2. The lowest BCUT2D eigenvalue weighted by Gasteiger charge is -2.71. The fourth-order valence-electron chi connectivity index (χ4n) is 11.5. The Labute approximate surface area is 247 Å². The predicted octanol–water partition coefficient (Wildman–Crippen LogP) is 7.48. The zero-order valence-corrected chi connectivity index (χ0v) is 27.1. The Kier molecular flexibility index (Phi) is 10.4. The molecule has 40 heavy (non-hydrogen) atoms. The molecule has 0 radical (unpaired) electrons. The molecule has 4 heteroatoms. The Bertz CT molecular complexity index is 887. The Morgan fingerprint density at radius 1 is 0.825 bits per heavy atom. The van der Waals surface area contributed by atoms with Crippen LogP contribution in [0.1, 0.15) is 112 Å². The topological polar surface area (TPSA) is 73.3 Å². The molecular formula is C36H65N3O. The van der Waals surface area contributed by atoms with E-state index in [1.165, 1.54) is 75.4 Å². The molecule has 4 aliphatic carbocycles. The molecule has 0 aromatic carbocycles. The van der Waals surface area contributed by atoms with E-state index < -0.39 is 0 Å². The maximum Gasteiger partial charge on any atom is 0.0525 e. The first-order valence-corrected chi connectivity index (χ1v) is 17.0. The van der Waals surface area contributed by atoms with Crippen LogP contribution in [0.15, 0.2) is 24.3 Å². The van der Waals surface area contributed by atoms with Gasteiger partial charge in [0.05, 0.1) is 6.61 Å². The van der Waals surface area contributed by atoms with Gasteiger partial charge in [-0.05, 0) is 168 Å². The van der Waals surface area contributed by atoms with Crippen LogP contribution in [0.4, 0.5) is 0 Å². The van der Waals surface area contributed by atoms with Crippen molar-refractivity contribution in [3.05, 3.63) is 24.3 Å². The monoisotopic (exact) mass is 556 g/mol. The highest BCUT2D eigenvalue weighted by molar-refractivity contribution is 5.22. The highest BCUT2D eigenvalue weighted by atomic mass is 16.5. The van der Waals surface area contributed by atoms with Crippen LogP contribution in [0.3, 0.4) is 0 Å². The van der Waals surface area contributed by atoms with Gasteiger partial charge in [0.15, 0.2) is 0 Å². The van der Waals surface area contributed by atoms with Crippen molar-refractivity contribution in [3.8, 4) is 0 Å². The minimum Gasteiger partial charge on any atom is -0.381 e. The van der Waals surface area contributed by atoms with Gasteiger partial charge in [0.2, 0.25) is 0 Å². The van der Waals surface area contributed by atoms with Crippen molar-refractivity contribution in [2.24, 2.45) is 62.7 Å². The molecule has 0 unspecified atom stereocenters. The summed E-state index contributed by atoms with van der Waals surface area (Å²) in [6, 6.07) is 0. The summed E-state index contributed by atoms with van der Waals surface area (Å²) in [5, 5.41) is 3.66. The highest BCUT2D eigenvalue weighted by Gasteiger charge is 2.69. The van der Waals surface area contributed by atoms with Gasteiger partial charge >= 0.3 is 0 Å². The minimum absolute atomic E-state index is 0.325. The Balaban J connectivity index is 1.61. The van der Waals surface area contributed by atoms with Crippen molar-refractivity contribution < 1.29 is 4.74 Å². The van der Waals surface area contributed by atoms with Gasteiger partial charge in [0.25, 0.3) is 0 Å². The predicted molar refractivity (Wildman–Crippen MR) is 171 cm³/mol. The van der Waals surface area contributed by atoms with E-state index in [1.807, 2.05) is 0 Å². The summed E-state index contributed by atoms with van der Waals surface area (Å²) in [5.74, 6) is 3.55. The smallest absolute Gasteiger partial charge is 0.0525 e. The Morgan fingerprint density at radius 2 is 1.55 bits per heavy atom. The summed E-state index contributed by atoms with van der Waals surface area (Å²) >= 11 is 0. The van der Waals surface area contributed by atoms with E-state index in [0.29, 0.717) is 33.5 Å². The van der Waals surface area contributed by atoms with Gasteiger partial charge in [-0.3, -0.25) is 0 Å². The van der Waals surface area contributed by atoms with E-state index >= 15 is 0 Å². The number of fused-ring (bicyclic) bond motifs is 5. The average Bonchev–Trinajstić information content (AvgIpc) is 3.29. The van der Waals surface area contributed by atoms with E-state index in [0.717, 1.165) is 70.0 Å². The summed E-state index contributed by atoms with van der Waals surface area (Å²) < 4.78 is 6.41. The molecule has 4 aliphatic rings. The van der Waals surface area contributed by atoms with Crippen LogP contribution in [0.25, 0.3) is 0 Å². The second-order valence-corrected chi connectivity index (χ2v) is 15.6. The van der Waals surface area contributed by atoms with Crippen LogP contribution in [0, 0.1) is 51.2 Å². The summed E-state index contributed by atoms with van der Waals surface area (Å²) in [6.07, 6.45) is 15.3. The molecule has 0 saturated heterocycles. The second kappa shape index (κ2) is 12.9. The lowest BCUT2D eigenvalue weighted by Crippen LogP contribution is -2.64. The molecule has 4 nitrogen and oxygen atoms in total. The van der Waals surface area contributed by atoms with Crippen LogP contribution >= 0.6 is 0 Å². The first-order valence-electron chi connectivity index (χ1n) is 17.0. The third kappa shape index (κ3) is 5.53. The molecule has 0 aromatic heterocycles. The van der Waals surface area contributed by atoms with Crippen LogP contribution < -0.4 is 16.8 Å². The van der Waals surface area contributed by atoms with Gasteiger partial charge in [0.1, 0.15) is 0 Å². The van der Waals surface area contributed by atoms with Crippen molar-refractivity contribution in [3.63, 3.8) is 0 Å².